The summed E-state index contributed by atoms with van der Waals surface area (Å²) >= 11 is 0. The fourth-order valence-corrected chi connectivity index (χ4v) is 5.44. The van der Waals surface area contributed by atoms with Crippen LogP contribution < -0.4 is 0 Å². The van der Waals surface area contributed by atoms with Crippen molar-refractivity contribution in [3.8, 4) is 0 Å². The van der Waals surface area contributed by atoms with Gasteiger partial charge in [0.2, 0.25) is 0 Å². The number of carbonyl (C=O) groups is 1. The van der Waals surface area contributed by atoms with Crippen molar-refractivity contribution in [3.05, 3.63) is 0 Å². The number of hydrogen-bond acceptors (Lipinski definition) is 11. The van der Waals surface area contributed by atoms with Gasteiger partial charge in [0.1, 0.15) is 49.3 Å². The van der Waals surface area contributed by atoms with Crippen molar-refractivity contribution in [2.24, 2.45) is 0 Å². The molecular weight excluding hydrogens is 535 g/mol. The van der Waals surface area contributed by atoms with Gasteiger partial charge in [0, 0.05) is 6.42 Å². The van der Waals surface area contributed by atoms with E-state index in [-0.39, 0.29) is 6.42 Å². The fourth-order valence-electron chi connectivity index (χ4n) is 4.46. The summed E-state index contributed by atoms with van der Waals surface area (Å²) in [6, 6.07) is 0. The van der Waals surface area contributed by atoms with Crippen molar-refractivity contribution in [3.63, 3.8) is 0 Å². The Bertz CT molecular complexity index is 680. The van der Waals surface area contributed by atoms with E-state index < -0.39 is 69.7 Å². The maximum atomic E-state index is 12.1. The molecule has 0 bridgehead atoms. The number of carbonyl (C=O) groups excluding carboxylic acids is 1. The van der Waals surface area contributed by atoms with Crippen molar-refractivity contribution in [2.45, 2.75) is 146 Å². The first kappa shape index (κ1) is 36.4. The third-order valence-corrected chi connectivity index (χ3v) is 7.91. The Hall–Kier alpha value is -0.660. The minimum absolute atomic E-state index is 0.196. The highest BCUT2D eigenvalue weighted by atomic mass is 31.2. The molecule has 1 saturated carbocycles. The average molecular weight is 587 g/mol. The van der Waals surface area contributed by atoms with Gasteiger partial charge in [-0.1, -0.05) is 90.4 Å². The molecule has 0 saturated heterocycles. The Morgan fingerprint density at radius 1 is 0.692 bits per heavy atom. The minimum atomic E-state index is -4.98. The lowest BCUT2D eigenvalue weighted by Crippen LogP contribution is -2.64. The summed E-state index contributed by atoms with van der Waals surface area (Å²) in [5.74, 6) is -0.508. The van der Waals surface area contributed by atoms with Gasteiger partial charge < -0.3 is 40.3 Å². The van der Waals surface area contributed by atoms with E-state index >= 15 is 0 Å². The molecule has 7 N–H and O–H groups in total. The first-order valence-electron chi connectivity index (χ1n) is 14.4. The van der Waals surface area contributed by atoms with Crippen LogP contribution in [0.5, 0.6) is 0 Å². The minimum Gasteiger partial charge on any atom is -0.463 e. The highest BCUT2D eigenvalue weighted by Gasteiger charge is 2.51. The Labute approximate surface area is 231 Å². The van der Waals surface area contributed by atoms with Crippen LogP contribution in [0.4, 0.5) is 0 Å². The standard InChI is InChI=1S/C26H51O12P/c1-2-3-4-5-6-7-8-9-10-11-12-13-14-15-16-20(28)36-17-19(27)18-37-39(34,35)38-26-24(32)22(30)21(29)23(31)25(26)33/h19,21-27,29-33H,2-18H2,1H3,(H,34,35). The first-order valence-corrected chi connectivity index (χ1v) is 15.9. The number of esters is 1. The van der Waals surface area contributed by atoms with E-state index in [1.54, 1.807) is 0 Å². The Kier molecular flexibility index (Phi) is 18.9. The van der Waals surface area contributed by atoms with E-state index in [4.69, 9.17) is 4.74 Å². The van der Waals surface area contributed by atoms with Crippen LogP contribution in [0.2, 0.25) is 0 Å². The Morgan fingerprint density at radius 2 is 1.10 bits per heavy atom. The summed E-state index contributed by atoms with van der Waals surface area (Å²) in [6.07, 6.45) is 3.82. The molecule has 1 aliphatic carbocycles. The van der Waals surface area contributed by atoms with Crippen LogP contribution in [0.3, 0.4) is 0 Å². The maximum Gasteiger partial charge on any atom is 0.472 e. The summed E-state index contributed by atoms with van der Waals surface area (Å²) in [6.45, 7) is 0.981. The van der Waals surface area contributed by atoms with Gasteiger partial charge in [0.05, 0.1) is 6.61 Å². The van der Waals surface area contributed by atoms with Crippen molar-refractivity contribution in [2.75, 3.05) is 13.2 Å². The first-order chi connectivity index (χ1) is 18.5. The van der Waals surface area contributed by atoms with Crippen LogP contribution in [0.25, 0.3) is 0 Å². The molecule has 1 fully saturated rings. The zero-order chi connectivity index (χ0) is 29.3. The molecule has 0 aromatic heterocycles. The fraction of sp³-hybridized carbons (Fsp3) is 0.962. The summed E-state index contributed by atoms with van der Waals surface area (Å²) in [7, 11) is -4.98. The van der Waals surface area contributed by atoms with Crippen molar-refractivity contribution in [1.82, 2.24) is 0 Å². The van der Waals surface area contributed by atoms with Crippen LogP contribution >= 0.6 is 7.82 Å². The van der Waals surface area contributed by atoms with Crippen LogP contribution in [-0.4, -0.2) is 97.4 Å². The van der Waals surface area contributed by atoms with Crippen LogP contribution in [0.1, 0.15) is 103 Å². The summed E-state index contributed by atoms with van der Waals surface area (Å²) in [5, 5.41) is 58.5. The number of phosphoric acid groups is 1. The van der Waals surface area contributed by atoms with Gasteiger partial charge in [-0.2, -0.15) is 0 Å². The molecule has 1 rings (SSSR count). The third kappa shape index (κ3) is 15.2. The van der Waals surface area contributed by atoms with Gasteiger partial charge in [-0.15, -0.1) is 0 Å². The van der Waals surface area contributed by atoms with Crippen molar-refractivity contribution < 1.29 is 58.7 Å². The number of aliphatic hydroxyl groups excluding tert-OH is 6. The molecule has 232 valence electrons. The molecule has 0 aliphatic heterocycles. The number of rotatable bonds is 22. The number of hydrogen-bond donors (Lipinski definition) is 7. The second-order valence-corrected chi connectivity index (χ2v) is 11.9. The number of ether oxygens (including phenoxy) is 1. The van der Waals surface area contributed by atoms with E-state index in [2.05, 4.69) is 16.0 Å². The van der Waals surface area contributed by atoms with Crippen LogP contribution in [0.15, 0.2) is 0 Å². The monoisotopic (exact) mass is 586 g/mol. The highest BCUT2D eigenvalue weighted by molar-refractivity contribution is 7.47. The van der Waals surface area contributed by atoms with Crippen molar-refractivity contribution in [1.29, 1.82) is 0 Å². The average Bonchev–Trinajstić information content (AvgIpc) is 2.91. The summed E-state index contributed by atoms with van der Waals surface area (Å²) < 4.78 is 26.3. The van der Waals surface area contributed by atoms with Gasteiger partial charge >= 0.3 is 13.8 Å². The SMILES string of the molecule is CCCCCCCCCCCCCCCCC(=O)OCC(O)COP(=O)(O)OC1C(O)C(O)C(O)C(O)C1O. The Balaban J connectivity index is 2.08. The van der Waals surface area contributed by atoms with E-state index in [1.807, 2.05) is 0 Å². The molecule has 0 aromatic rings. The lowest BCUT2D eigenvalue weighted by molar-refractivity contribution is -0.220. The largest absolute Gasteiger partial charge is 0.472 e. The predicted octanol–water partition coefficient (Wildman–Crippen LogP) is 2.08. The molecule has 39 heavy (non-hydrogen) atoms. The molecule has 13 heteroatoms. The smallest absolute Gasteiger partial charge is 0.463 e. The summed E-state index contributed by atoms with van der Waals surface area (Å²) in [5.41, 5.74) is 0. The summed E-state index contributed by atoms with van der Waals surface area (Å²) in [4.78, 5) is 21.7. The maximum absolute atomic E-state index is 12.1. The normalized spacial score (nSPS) is 27.7. The van der Waals surface area contributed by atoms with Gasteiger partial charge in [-0.25, -0.2) is 4.57 Å². The molecule has 0 radical (unpaired) electrons. The number of aliphatic hydroxyl groups is 6. The molecule has 0 spiro atoms. The van der Waals surface area contributed by atoms with E-state index in [0.29, 0.717) is 6.42 Å². The lowest BCUT2D eigenvalue weighted by atomic mass is 9.85. The third-order valence-electron chi connectivity index (χ3n) is 6.93. The molecule has 12 nitrogen and oxygen atoms in total. The predicted molar refractivity (Wildman–Crippen MR) is 143 cm³/mol. The van der Waals surface area contributed by atoms with Crippen LogP contribution in [0, 0.1) is 0 Å². The van der Waals surface area contributed by atoms with Crippen LogP contribution in [-0.2, 0) is 23.1 Å². The van der Waals surface area contributed by atoms with E-state index in [0.717, 1.165) is 19.3 Å². The molecule has 6 unspecified atom stereocenters. The van der Waals surface area contributed by atoms with Gasteiger partial charge in [-0.05, 0) is 6.42 Å². The second-order valence-electron chi connectivity index (χ2n) is 10.5. The Morgan fingerprint density at radius 3 is 1.56 bits per heavy atom. The highest BCUT2D eigenvalue weighted by Crippen LogP contribution is 2.47. The number of unbranched alkanes of at least 4 members (excludes halogenated alkanes) is 13. The zero-order valence-corrected chi connectivity index (χ0v) is 24.1. The molecular formula is C26H51O12P. The molecule has 0 amide bonds. The van der Waals surface area contributed by atoms with Gasteiger partial charge in [0.25, 0.3) is 0 Å². The second kappa shape index (κ2) is 20.3. The van der Waals surface area contributed by atoms with E-state index in [9.17, 15) is 44.9 Å². The van der Waals surface area contributed by atoms with Crippen molar-refractivity contribution >= 4 is 13.8 Å². The number of phosphoric ester groups is 1. The lowest BCUT2D eigenvalue weighted by Gasteiger charge is -2.41. The van der Waals surface area contributed by atoms with Gasteiger partial charge in [0.15, 0.2) is 0 Å². The molecule has 1 aliphatic rings. The zero-order valence-electron chi connectivity index (χ0n) is 23.2. The van der Waals surface area contributed by atoms with E-state index in [1.165, 1.54) is 64.2 Å². The quantitative estimate of drug-likeness (QED) is 0.0554. The molecule has 6 atom stereocenters. The van der Waals surface area contributed by atoms with Gasteiger partial charge in [-0.3, -0.25) is 13.8 Å². The molecule has 0 heterocycles. The topological polar surface area (TPSA) is 203 Å². The molecule has 0 aromatic carbocycles.